The van der Waals surface area contributed by atoms with Crippen LogP contribution in [0.5, 0.6) is 0 Å². The van der Waals surface area contributed by atoms with Gasteiger partial charge in [-0.3, -0.25) is 14.5 Å². The molecule has 2 aromatic rings. The Morgan fingerprint density at radius 3 is 2.72 bits per heavy atom. The predicted octanol–water partition coefficient (Wildman–Crippen LogP) is 1.86. The smallest absolute Gasteiger partial charge is 0.272 e. The van der Waals surface area contributed by atoms with E-state index in [0.717, 1.165) is 38.0 Å². The fourth-order valence-corrected chi connectivity index (χ4v) is 4.32. The molecule has 1 aromatic heterocycles. The minimum Gasteiger partial charge on any atom is -0.336 e. The maximum Gasteiger partial charge on any atom is 0.272 e. The third-order valence-electron chi connectivity index (χ3n) is 5.93. The summed E-state index contributed by atoms with van der Waals surface area (Å²) in [5.74, 6) is 0.166. The zero-order chi connectivity index (χ0) is 20.4. The second kappa shape index (κ2) is 8.37. The minimum atomic E-state index is 0.0125. The van der Waals surface area contributed by atoms with Gasteiger partial charge in [-0.1, -0.05) is 17.7 Å². The summed E-state index contributed by atoms with van der Waals surface area (Å²) in [5, 5.41) is 0. The van der Waals surface area contributed by atoms with E-state index in [-0.39, 0.29) is 11.8 Å². The third-order valence-corrected chi connectivity index (χ3v) is 5.93. The van der Waals surface area contributed by atoms with E-state index in [1.807, 2.05) is 16.8 Å². The third kappa shape index (κ3) is 4.19. The van der Waals surface area contributed by atoms with Crippen LogP contribution in [0.4, 0.5) is 5.69 Å². The Hall–Kier alpha value is -2.67. The summed E-state index contributed by atoms with van der Waals surface area (Å²) < 4.78 is 1.75. The van der Waals surface area contributed by atoms with Gasteiger partial charge >= 0.3 is 0 Å². The number of carbonyl (C=O) groups is 2. The Kier molecular flexibility index (Phi) is 5.67. The maximum atomic E-state index is 13.1. The summed E-state index contributed by atoms with van der Waals surface area (Å²) in [6.07, 6.45) is 6.18. The largest absolute Gasteiger partial charge is 0.336 e. The number of carbonyl (C=O) groups excluding carboxylic acids is 2. The monoisotopic (exact) mass is 395 g/mol. The van der Waals surface area contributed by atoms with Crippen molar-refractivity contribution in [2.45, 2.75) is 26.2 Å². The fourth-order valence-electron chi connectivity index (χ4n) is 4.32. The van der Waals surface area contributed by atoms with Gasteiger partial charge in [0.25, 0.3) is 5.91 Å². The van der Waals surface area contributed by atoms with Gasteiger partial charge in [0.1, 0.15) is 5.69 Å². The van der Waals surface area contributed by atoms with E-state index >= 15 is 0 Å². The van der Waals surface area contributed by atoms with Crippen LogP contribution in [-0.4, -0.2) is 70.4 Å². The van der Waals surface area contributed by atoms with E-state index < -0.39 is 0 Å². The molecule has 0 spiro atoms. The highest BCUT2D eigenvalue weighted by molar-refractivity contribution is 5.96. The van der Waals surface area contributed by atoms with Crippen LogP contribution in [0, 0.1) is 6.92 Å². The second-order valence-electron chi connectivity index (χ2n) is 8.09. The van der Waals surface area contributed by atoms with Crippen molar-refractivity contribution in [3.8, 4) is 0 Å². The summed E-state index contributed by atoms with van der Waals surface area (Å²) in [6, 6.07) is 6.36. The Morgan fingerprint density at radius 2 is 1.93 bits per heavy atom. The average Bonchev–Trinajstić information content (AvgIpc) is 3.00. The number of hydrogen-bond donors (Lipinski definition) is 0. The van der Waals surface area contributed by atoms with Crippen molar-refractivity contribution in [2.24, 2.45) is 7.05 Å². The molecule has 2 aliphatic heterocycles. The quantitative estimate of drug-likeness (QED) is 0.796. The van der Waals surface area contributed by atoms with E-state index in [0.29, 0.717) is 31.9 Å². The van der Waals surface area contributed by atoms with Gasteiger partial charge in [0, 0.05) is 45.5 Å². The number of anilines is 1. The topological polar surface area (TPSA) is 61.7 Å². The molecule has 3 heterocycles. The van der Waals surface area contributed by atoms with E-state index in [2.05, 4.69) is 35.0 Å². The molecule has 0 atom stereocenters. The SMILES string of the molecule is Cc1ccc2c(c1)CCCN2C(=O)CN1CCCN(C(=O)c2cncn2C)CC1. The number of hydrogen-bond acceptors (Lipinski definition) is 4. The van der Waals surface area contributed by atoms with Crippen LogP contribution in [-0.2, 0) is 18.3 Å². The standard InChI is InChI=1S/C22H29N5O2/c1-17-6-7-19-18(13-17)5-3-10-27(19)21(28)15-25-8-4-9-26(12-11-25)22(29)20-14-23-16-24(20)2/h6-7,13-14,16H,3-5,8-12,15H2,1-2H3. The summed E-state index contributed by atoms with van der Waals surface area (Å²) >= 11 is 0. The molecule has 0 radical (unpaired) electrons. The van der Waals surface area contributed by atoms with Gasteiger partial charge in [0.15, 0.2) is 0 Å². The molecule has 0 unspecified atom stereocenters. The van der Waals surface area contributed by atoms with E-state index in [1.54, 1.807) is 17.1 Å². The van der Waals surface area contributed by atoms with Crippen LogP contribution in [0.2, 0.25) is 0 Å². The molecule has 1 saturated heterocycles. The minimum absolute atomic E-state index is 0.0125. The van der Waals surface area contributed by atoms with Gasteiger partial charge in [-0.15, -0.1) is 0 Å². The Labute approximate surface area is 171 Å². The van der Waals surface area contributed by atoms with Crippen molar-refractivity contribution in [1.29, 1.82) is 0 Å². The van der Waals surface area contributed by atoms with Gasteiger partial charge in [0.2, 0.25) is 5.91 Å². The highest BCUT2D eigenvalue weighted by atomic mass is 16.2. The van der Waals surface area contributed by atoms with Crippen LogP contribution >= 0.6 is 0 Å². The van der Waals surface area contributed by atoms with Gasteiger partial charge in [-0.05, 0) is 37.8 Å². The average molecular weight is 396 g/mol. The first-order valence-corrected chi connectivity index (χ1v) is 10.4. The van der Waals surface area contributed by atoms with Crippen molar-refractivity contribution in [3.05, 3.63) is 47.5 Å². The lowest BCUT2D eigenvalue weighted by Gasteiger charge is -2.31. The molecule has 7 heteroatoms. The van der Waals surface area contributed by atoms with Crippen molar-refractivity contribution < 1.29 is 9.59 Å². The number of nitrogens with zero attached hydrogens (tertiary/aromatic N) is 5. The normalized spacial score (nSPS) is 17.7. The fraction of sp³-hybridized carbons (Fsp3) is 0.500. The first-order valence-electron chi connectivity index (χ1n) is 10.4. The molecule has 0 saturated carbocycles. The van der Waals surface area contributed by atoms with Gasteiger partial charge in [-0.2, -0.15) is 0 Å². The molecule has 0 N–H and O–H groups in total. The highest BCUT2D eigenvalue weighted by Crippen LogP contribution is 2.28. The summed E-state index contributed by atoms with van der Waals surface area (Å²) in [6.45, 7) is 6.17. The molecule has 1 fully saturated rings. The number of aryl methyl sites for hydroxylation is 3. The number of rotatable bonds is 3. The molecule has 29 heavy (non-hydrogen) atoms. The van der Waals surface area contributed by atoms with E-state index in [1.165, 1.54) is 11.1 Å². The molecular formula is C22H29N5O2. The predicted molar refractivity (Wildman–Crippen MR) is 112 cm³/mol. The van der Waals surface area contributed by atoms with Crippen LogP contribution in [0.1, 0.15) is 34.5 Å². The van der Waals surface area contributed by atoms with Crippen molar-refractivity contribution in [3.63, 3.8) is 0 Å². The molecule has 4 rings (SSSR count). The van der Waals surface area contributed by atoms with E-state index in [4.69, 9.17) is 0 Å². The van der Waals surface area contributed by atoms with Crippen LogP contribution in [0.15, 0.2) is 30.7 Å². The summed E-state index contributed by atoms with van der Waals surface area (Å²) in [5.41, 5.74) is 4.18. The van der Waals surface area contributed by atoms with Crippen molar-refractivity contribution >= 4 is 17.5 Å². The molecule has 2 amide bonds. The first kappa shape index (κ1) is 19.6. The number of imidazole rings is 1. The number of benzene rings is 1. The zero-order valence-electron chi connectivity index (χ0n) is 17.3. The van der Waals surface area contributed by atoms with Crippen LogP contribution in [0.25, 0.3) is 0 Å². The molecule has 0 bridgehead atoms. The lowest BCUT2D eigenvalue weighted by Crippen LogP contribution is -2.44. The van der Waals surface area contributed by atoms with Crippen molar-refractivity contribution in [1.82, 2.24) is 19.4 Å². The number of fused-ring (bicyclic) bond motifs is 1. The van der Waals surface area contributed by atoms with Gasteiger partial charge < -0.3 is 14.4 Å². The molecule has 1 aromatic carbocycles. The second-order valence-corrected chi connectivity index (χ2v) is 8.09. The molecule has 0 aliphatic carbocycles. The highest BCUT2D eigenvalue weighted by Gasteiger charge is 2.26. The maximum absolute atomic E-state index is 13.1. The molecule has 154 valence electrons. The summed E-state index contributed by atoms with van der Waals surface area (Å²) in [4.78, 5) is 35.9. The first-order chi connectivity index (χ1) is 14.0. The Balaban J connectivity index is 1.38. The van der Waals surface area contributed by atoms with Gasteiger partial charge in [0.05, 0.1) is 19.1 Å². The molecule has 7 nitrogen and oxygen atoms in total. The lowest BCUT2D eigenvalue weighted by atomic mass is 9.99. The Morgan fingerprint density at radius 1 is 1.07 bits per heavy atom. The van der Waals surface area contributed by atoms with Crippen LogP contribution < -0.4 is 4.90 Å². The van der Waals surface area contributed by atoms with Crippen LogP contribution in [0.3, 0.4) is 0 Å². The zero-order valence-corrected chi connectivity index (χ0v) is 17.3. The number of aromatic nitrogens is 2. The number of amides is 2. The Bertz CT molecular complexity index is 906. The molecule has 2 aliphatic rings. The lowest BCUT2D eigenvalue weighted by molar-refractivity contribution is -0.119. The van der Waals surface area contributed by atoms with Crippen molar-refractivity contribution in [2.75, 3.05) is 44.2 Å². The van der Waals surface area contributed by atoms with E-state index in [9.17, 15) is 9.59 Å². The summed E-state index contributed by atoms with van der Waals surface area (Å²) in [7, 11) is 1.83. The van der Waals surface area contributed by atoms with Gasteiger partial charge in [-0.25, -0.2) is 4.98 Å². The molecular weight excluding hydrogens is 366 g/mol.